The molecule has 1 fully saturated rings. The first-order valence-corrected chi connectivity index (χ1v) is 11.9. The quantitative estimate of drug-likeness (QED) is 0.545. The number of imide groups is 1. The second-order valence-electron chi connectivity index (χ2n) is 10.1. The molecule has 0 spiro atoms. The van der Waals surface area contributed by atoms with Gasteiger partial charge in [0.25, 0.3) is 5.24 Å². The van der Waals surface area contributed by atoms with Crippen LogP contribution in [0.5, 0.6) is 5.75 Å². The highest BCUT2D eigenvalue weighted by Gasteiger charge is 2.42. The number of hydrogen-bond acceptors (Lipinski definition) is 4. The van der Waals surface area contributed by atoms with Crippen molar-refractivity contribution in [2.75, 3.05) is 12.9 Å². The molecule has 2 aromatic carbocycles. The predicted octanol–water partition coefficient (Wildman–Crippen LogP) is 6.28. The molecule has 1 aliphatic heterocycles. The molecule has 170 valence electrons. The van der Waals surface area contributed by atoms with Crippen molar-refractivity contribution in [1.82, 2.24) is 4.90 Å². The van der Waals surface area contributed by atoms with Crippen LogP contribution in [0.1, 0.15) is 74.4 Å². The summed E-state index contributed by atoms with van der Waals surface area (Å²) in [5.74, 6) is -0.320. The molecule has 2 aliphatic rings. The van der Waals surface area contributed by atoms with Crippen LogP contribution in [0, 0.1) is 12.7 Å². The number of rotatable bonds is 4. The van der Waals surface area contributed by atoms with Gasteiger partial charge in [0.1, 0.15) is 11.6 Å². The maximum atomic E-state index is 15.3. The van der Waals surface area contributed by atoms with E-state index in [-0.39, 0.29) is 27.7 Å². The lowest BCUT2D eigenvalue weighted by Gasteiger charge is -2.43. The summed E-state index contributed by atoms with van der Waals surface area (Å²) in [4.78, 5) is 26.8. The second-order valence-corrected chi connectivity index (χ2v) is 11.1. The Hall–Kier alpha value is -2.34. The summed E-state index contributed by atoms with van der Waals surface area (Å²) in [6.07, 6.45) is 2.12. The Kier molecular flexibility index (Phi) is 5.64. The summed E-state index contributed by atoms with van der Waals surface area (Å²) in [7, 11) is 1.48. The minimum Gasteiger partial charge on any atom is -0.497 e. The van der Waals surface area contributed by atoms with E-state index >= 15 is 4.39 Å². The molecular weight excluding hydrogens is 425 g/mol. The average molecular weight is 456 g/mol. The third kappa shape index (κ3) is 3.72. The number of halogens is 1. The Morgan fingerprint density at radius 3 is 2.16 bits per heavy atom. The molecule has 32 heavy (non-hydrogen) atoms. The SMILES string of the molecule is COc1ccc(C(c2cc3c(cc2C)C(C)(C)CCC3(C)C)N2C(=O)CSC2=O)c(F)c1. The van der Waals surface area contributed by atoms with Gasteiger partial charge in [0.05, 0.1) is 18.9 Å². The van der Waals surface area contributed by atoms with Gasteiger partial charge in [-0.3, -0.25) is 14.5 Å². The van der Waals surface area contributed by atoms with Crippen LogP contribution in [0.4, 0.5) is 9.18 Å². The first-order chi connectivity index (χ1) is 15.0. The van der Waals surface area contributed by atoms with Gasteiger partial charge in [-0.1, -0.05) is 51.6 Å². The Labute approximate surface area is 193 Å². The molecule has 1 aliphatic carbocycles. The average Bonchev–Trinajstić information content (AvgIpc) is 3.06. The summed E-state index contributed by atoms with van der Waals surface area (Å²) in [6, 6.07) is 8.07. The Morgan fingerprint density at radius 1 is 1.00 bits per heavy atom. The smallest absolute Gasteiger partial charge is 0.289 e. The van der Waals surface area contributed by atoms with Crippen molar-refractivity contribution in [2.45, 2.75) is 64.3 Å². The molecule has 1 unspecified atom stereocenters. The largest absolute Gasteiger partial charge is 0.497 e. The van der Waals surface area contributed by atoms with E-state index in [2.05, 4.69) is 39.8 Å². The number of thioether (sulfide) groups is 1. The Morgan fingerprint density at radius 2 is 1.62 bits per heavy atom. The highest BCUT2D eigenvalue weighted by atomic mass is 32.2. The van der Waals surface area contributed by atoms with Crippen LogP contribution < -0.4 is 4.74 Å². The molecular formula is C26H30FNO3S. The third-order valence-electron chi connectivity index (χ3n) is 7.08. The molecule has 0 bridgehead atoms. The molecule has 2 aromatic rings. The lowest BCUT2D eigenvalue weighted by Crippen LogP contribution is -2.37. The lowest BCUT2D eigenvalue weighted by molar-refractivity contribution is -0.125. The van der Waals surface area contributed by atoms with Crippen molar-refractivity contribution in [3.8, 4) is 5.75 Å². The molecule has 4 nitrogen and oxygen atoms in total. The zero-order valence-electron chi connectivity index (χ0n) is 19.5. The number of aryl methyl sites for hydroxylation is 1. The van der Waals surface area contributed by atoms with E-state index in [1.807, 2.05) is 6.92 Å². The number of nitrogens with zero attached hydrogens (tertiary/aromatic N) is 1. The molecule has 4 rings (SSSR count). The molecule has 0 saturated carbocycles. The fourth-order valence-electron chi connectivity index (χ4n) is 4.95. The molecule has 1 saturated heterocycles. The van der Waals surface area contributed by atoms with E-state index in [9.17, 15) is 9.59 Å². The fraction of sp³-hybridized carbons (Fsp3) is 0.462. The molecule has 0 N–H and O–H groups in total. The van der Waals surface area contributed by atoms with Crippen molar-refractivity contribution < 1.29 is 18.7 Å². The Bertz CT molecular complexity index is 1090. The van der Waals surface area contributed by atoms with Gasteiger partial charge in [0, 0.05) is 11.6 Å². The predicted molar refractivity (Wildman–Crippen MR) is 126 cm³/mol. The number of carbonyl (C=O) groups is 2. The van der Waals surface area contributed by atoms with Gasteiger partial charge < -0.3 is 4.74 Å². The number of amides is 2. The van der Waals surface area contributed by atoms with E-state index in [0.717, 1.165) is 35.7 Å². The summed E-state index contributed by atoms with van der Waals surface area (Å²) >= 11 is 0.969. The third-order valence-corrected chi connectivity index (χ3v) is 7.91. The Balaban J connectivity index is 1.97. The van der Waals surface area contributed by atoms with E-state index < -0.39 is 11.9 Å². The maximum absolute atomic E-state index is 15.3. The molecule has 0 radical (unpaired) electrons. The van der Waals surface area contributed by atoms with Crippen LogP contribution in [-0.2, 0) is 15.6 Å². The number of methoxy groups -OCH3 is 1. The number of carbonyl (C=O) groups excluding carboxylic acids is 2. The number of benzene rings is 2. The number of fused-ring (bicyclic) bond motifs is 1. The molecule has 6 heteroatoms. The lowest BCUT2D eigenvalue weighted by atomic mass is 9.62. The van der Waals surface area contributed by atoms with Crippen LogP contribution in [0.2, 0.25) is 0 Å². The monoisotopic (exact) mass is 455 g/mol. The maximum Gasteiger partial charge on any atom is 0.289 e. The zero-order valence-corrected chi connectivity index (χ0v) is 20.4. The topological polar surface area (TPSA) is 46.6 Å². The van der Waals surface area contributed by atoms with Gasteiger partial charge in [-0.25, -0.2) is 4.39 Å². The zero-order chi connectivity index (χ0) is 23.4. The van der Waals surface area contributed by atoms with Crippen LogP contribution in [0.3, 0.4) is 0 Å². The summed E-state index contributed by atoms with van der Waals surface area (Å²) < 4.78 is 20.5. The minimum atomic E-state index is -0.818. The highest BCUT2D eigenvalue weighted by Crippen LogP contribution is 2.48. The second kappa shape index (κ2) is 7.91. The number of hydrogen-bond donors (Lipinski definition) is 0. The minimum absolute atomic E-state index is 0.0319. The van der Waals surface area contributed by atoms with Crippen molar-refractivity contribution >= 4 is 22.9 Å². The molecule has 1 atom stereocenters. The van der Waals surface area contributed by atoms with Gasteiger partial charge in [-0.15, -0.1) is 0 Å². The van der Waals surface area contributed by atoms with Crippen molar-refractivity contribution in [1.29, 1.82) is 0 Å². The van der Waals surface area contributed by atoms with Crippen LogP contribution in [0.25, 0.3) is 0 Å². The van der Waals surface area contributed by atoms with Crippen molar-refractivity contribution in [3.05, 3.63) is 64.0 Å². The highest BCUT2D eigenvalue weighted by molar-refractivity contribution is 8.14. The number of ether oxygens (including phenoxy) is 1. The van der Waals surface area contributed by atoms with Gasteiger partial charge in [-0.2, -0.15) is 0 Å². The van der Waals surface area contributed by atoms with Gasteiger partial charge in [0.2, 0.25) is 5.91 Å². The van der Waals surface area contributed by atoms with E-state index in [4.69, 9.17) is 4.74 Å². The van der Waals surface area contributed by atoms with Crippen molar-refractivity contribution in [3.63, 3.8) is 0 Å². The molecule has 1 heterocycles. The first-order valence-electron chi connectivity index (χ1n) is 10.9. The normalized spacial score (nSPS) is 20.3. The molecule has 0 aromatic heterocycles. The van der Waals surface area contributed by atoms with Crippen molar-refractivity contribution in [2.24, 2.45) is 0 Å². The van der Waals surface area contributed by atoms with Crippen LogP contribution >= 0.6 is 11.8 Å². The van der Waals surface area contributed by atoms with Crippen LogP contribution in [0.15, 0.2) is 30.3 Å². The van der Waals surface area contributed by atoms with Gasteiger partial charge >= 0.3 is 0 Å². The first kappa shape index (κ1) is 22.8. The molecule has 2 amide bonds. The summed E-state index contributed by atoms with van der Waals surface area (Å²) in [5.41, 5.74) is 4.52. The summed E-state index contributed by atoms with van der Waals surface area (Å²) in [6.45, 7) is 11.0. The standard InChI is InChI=1S/C26H30FNO3S/c1-15-11-19-20(26(4,5)10-9-25(19,2)3)13-18(15)23(28-22(29)14-32-24(28)30)17-8-7-16(31-6)12-21(17)27/h7-8,11-13,23H,9-10,14H2,1-6H3. The van der Waals surface area contributed by atoms with E-state index in [1.165, 1.54) is 29.2 Å². The van der Waals surface area contributed by atoms with Gasteiger partial charge in [0.15, 0.2) is 0 Å². The fourth-order valence-corrected chi connectivity index (χ4v) is 5.68. The van der Waals surface area contributed by atoms with E-state index in [1.54, 1.807) is 12.1 Å². The summed E-state index contributed by atoms with van der Waals surface area (Å²) in [5, 5.41) is -0.341. The van der Waals surface area contributed by atoms with Gasteiger partial charge in [-0.05, 0) is 65.0 Å². The van der Waals surface area contributed by atoms with Crippen LogP contribution in [-0.4, -0.2) is 28.9 Å². The van der Waals surface area contributed by atoms with E-state index in [0.29, 0.717) is 11.3 Å².